The first-order valence-corrected chi connectivity index (χ1v) is 14.9. The zero-order valence-corrected chi connectivity index (χ0v) is 23.5. The van der Waals surface area contributed by atoms with Crippen LogP contribution < -0.4 is 0 Å². The highest BCUT2D eigenvalue weighted by molar-refractivity contribution is 5.91. The third-order valence-electron chi connectivity index (χ3n) is 11.0. The van der Waals surface area contributed by atoms with Gasteiger partial charge in [-0.2, -0.15) is 0 Å². The van der Waals surface area contributed by atoms with Gasteiger partial charge in [-0.15, -0.1) is 0 Å². The van der Waals surface area contributed by atoms with E-state index >= 15 is 0 Å². The van der Waals surface area contributed by atoms with Crippen LogP contribution in [0, 0.1) is 52.3 Å². The summed E-state index contributed by atoms with van der Waals surface area (Å²) in [6.45, 7) is 19.0. The molecule has 1 heteroatoms. The van der Waals surface area contributed by atoms with Gasteiger partial charge in [-0.05, 0) is 96.9 Å². The van der Waals surface area contributed by atoms with Crippen LogP contribution in [0.4, 0.5) is 0 Å². The van der Waals surface area contributed by atoms with Gasteiger partial charge in [-0.1, -0.05) is 93.1 Å². The quantitative estimate of drug-likeness (QED) is 0.372. The van der Waals surface area contributed by atoms with Gasteiger partial charge in [0.25, 0.3) is 0 Å². The van der Waals surface area contributed by atoms with Crippen LogP contribution in [0.3, 0.4) is 0 Å². The van der Waals surface area contributed by atoms with Crippen LogP contribution in [0.2, 0.25) is 0 Å². The van der Waals surface area contributed by atoms with Crippen molar-refractivity contribution in [1.29, 1.82) is 0 Å². The second-order valence-corrected chi connectivity index (χ2v) is 13.1. The molecule has 0 aromatic carbocycles. The molecule has 0 aliphatic heterocycles. The maximum atomic E-state index is 12.3. The molecule has 1 nitrogen and oxygen atoms in total. The first-order valence-electron chi connectivity index (χ1n) is 14.9. The molecule has 3 fully saturated rings. The van der Waals surface area contributed by atoms with Gasteiger partial charge < -0.3 is 0 Å². The lowest BCUT2D eigenvalue weighted by Crippen LogP contribution is -2.54. The lowest BCUT2D eigenvalue weighted by molar-refractivity contribution is -0.119. The van der Waals surface area contributed by atoms with Crippen molar-refractivity contribution in [3.05, 3.63) is 11.6 Å². The van der Waals surface area contributed by atoms with E-state index in [2.05, 4.69) is 47.6 Å². The van der Waals surface area contributed by atoms with Crippen LogP contribution in [0.5, 0.6) is 0 Å². The van der Waals surface area contributed by atoms with Gasteiger partial charge in [0.15, 0.2) is 5.78 Å². The summed E-state index contributed by atoms with van der Waals surface area (Å²) in [6, 6.07) is 0. The number of ketones is 1. The van der Waals surface area contributed by atoms with E-state index in [-0.39, 0.29) is 0 Å². The molecule has 0 saturated heterocycles. The fourth-order valence-electron chi connectivity index (χ4n) is 9.39. The van der Waals surface area contributed by atoms with Gasteiger partial charge >= 0.3 is 0 Å². The first kappa shape index (κ1) is 27.0. The molecule has 6 unspecified atom stereocenters. The van der Waals surface area contributed by atoms with Crippen molar-refractivity contribution >= 4 is 5.78 Å². The molecular formula is C32H56O. The van der Waals surface area contributed by atoms with Crippen molar-refractivity contribution in [2.45, 2.75) is 132 Å². The maximum Gasteiger partial charge on any atom is 0.155 e. The fourth-order valence-corrected chi connectivity index (χ4v) is 9.39. The third kappa shape index (κ3) is 5.04. The number of hydrogen-bond donors (Lipinski definition) is 0. The summed E-state index contributed by atoms with van der Waals surface area (Å²) in [5.41, 5.74) is 2.42. The van der Waals surface area contributed by atoms with Crippen LogP contribution in [0.25, 0.3) is 0 Å². The second kappa shape index (κ2) is 11.0. The Bertz CT molecular complexity index is 689. The van der Waals surface area contributed by atoms with E-state index in [9.17, 15) is 4.79 Å². The van der Waals surface area contributed by atoms with E-state index < -0.39 is 0 Å². The molecule has 0 bridgehead atoms. The summed E-state index contributed by atoms with van der Waals surface area (Å²) in [5, 5.41) is 0. The molecule has 190 valence electrons. The standard InChI is InChI=1S/C30H50O.C2H6/c1-7-9-22-18-23-19-24(31)14-16-29(23,5)27-15-17-30(6)25(12-13-26(30)28(22)27)21(4)11-8-10-20(2)3;1-2/h19-22,25-28H,7-18H2,1-6H3;1-2H3/t21?,22?,25?,26?,27?,28?,29-,30+;/m0./s1. The zero-order chi connectivity index (χ0) is 24.4. The van der Waals surface area contributed by atoms with Crippen molar-refractivity contribution in [1.82, 2.24) is 0 Å². The normalized spacial score (nSPS) is 40.8. The van der Waals surface area contributed by atoms with Crippen molar-refractivity contribution in [3.63, 3.8) is 0 Å². The minimum atomic E-state index is 0.311. The summed E-state index contributed by atoms with van der Waals surface area (Å²) in [7, 11) is 0. The molecular weight excluding hydrogens is 400 g/mol. The Hall–Kier alpha value is -0.590. The molecule has 0 spiro atoms. The summed E-state index contributed by atoms with van der Waals surface area (Å²) in [5.74, 6) is 6.54. The summed E-state index contributed by atoms with van der Waals surface area (Å²) >= 11 is 0. The maximum absolute atomic E-state index is 12.3. The highest BCUT2D eigenvalue weighted by Gasteiger charge is 2.61. The number of carbonyl (C=O) groups is 1. The van der Waals surface area contributed by atoms with Gasteiger partial charge in [0, 0.05) is 6.42 Å². The Kier molecular flexibility index (Phi) is 8.99. The van der Waals surface area contributed by atoms with Crippen LogP contribution >= 0.6 is 0 Å². The Morgan fingerprint density at radius 1 is 1.00 bits per heavy atom. The molecule has 0 N–H and O–H groups in total. The SMILES string of the molecule is CC.CCCC1CC2=CC(=O)CC[C@]2(C)C2CC[C@]3(C)C(C(C)CCCC(C)C)CCC3C12. The number of rotatable bonds is 7. The molecule has 33 heavy (non-hydrogen) atoms. The van der Waals surface area contributed by atoms with E-state index in [1.54, 1.807) is 5.57 Å². The van der Waals surface area contributed by atoms with Crippen molar-refractivity contribution in [2.75, 3.05) is 0 Å². The molecule has 0 radical (unpaired) electrons. The highest BCUT2D eigenvalue weighted by Crippen LogP contribution is 2.69. The number of carbonyl (C=O) groups excluding carboxylic acids is 1. The molecule has 3 saturated carbocycles. The van der Waals surface area contributed by atoms with Crippen molar-refractivity contribution in [3.8, 4) is 0 Å². The lowest BCUT2D eigenvalue weighted by Gasteiger charge is -2.61. The monoisotopic (exact) mass is 456 g/mol. The molecule has 4 aliphatic rings. The Labute approximate surface area is 207 Å². The smallest absolute Gasteiger partial charge is 0.155 e. The van der Waals surface area contributed by atoms with Crippen molar-refractivity contribution in [2.24, 2.45) is 52.3 Å². The van der Waals surface area contributed by atoms with Crippen molar-refractivity contribution < 1.29 is 4.79 Å². The summed E-state index contributed by atoms with van der Waals surface area (Å²) < 4.78 is 0. The van der Waals surface area contributed by atoms with E-state index in [0.717, 1.165) is 54.3 Å². The predicted molar refractivity (Wildman–Crippen MR) is 143 cm³/mol. The molecule has 8 atom stereocenters. The molecule has 0 heterocycles. The topological polar surface area (TPSA) is 17.1 Å². The predicted octanol–water partition coefficient (Wildman–Crippen LogP) is 9.65. The summed E-state index contributed by atoms with van der Waals surface area (Å²) in [6.07, 6.45) is 17.9. The molecule has 0 aromatic rings. The third-order valence-corrected chi connectivity index (χ3v) is 11.0. The Morgan fingerprint density at radius 2 is 1.73 bits per heavy atom. The first-order chi connectivity index (χ1) is 15.7. The van der Waals surface area contributed by atoms with Gasteiger partial charge in [0.1, 0.15) is 0 Å². The average Bonchev–Trinajstić information content (AvgIpc) is 3.13. The molecule has 4 aliphatic carbocycles. The highest BCUT2D eigenvalue weighted by atomic mass is 16.1. The van der Waals surface area contributed by atoms with Gasteiger partial charge in [-0.25, -0.2) is 0 Å². The fraction of sp³-hybridized carbons (Fsp3) is 0.906. The average molecular weight is 457 g/mol. The van der Waals surface area contributed by atoms with Gasteiger partial charge in [0.2, 0.25) is 0 Å². The Balaban J connectivity index is 0.00000149. The second-order valence-electron chi connectivity index (χ2n) is 13.1. The molecule has 0 amide bonds. The largest absolute Gasteiger partial charge is 0.295 e. The molecule has 4 rings (SSSR count). The minimum absolute atomic E-state index is 0.311. The van der Waals surface area contributed by atoms with E-state index in [1.165, 1.54) is 64.2 Å². The van der Waals surface area contributed by atoms with E-state index in [1.807, 2.05) is 13.8 Å². The van der Waals surface area contributed by atoms with Gasteiger partial charge in [-0.3, -0.25) is 4.79 Å². The number of allylic oxidation sites excluding steroid dienone is 1. The molecule has 0 aromatic heterocycles. The van der Waals surface area contributed by atoms with Gasteiger partial charge in [0.05, 0.1) is 0 Å². The van der Waals surface area contributed by atoms with E-state index in [0.29, 0.717) is 16.6 Å². The minimum Gasteiger partial charge on any atom is -0.295 e. The Morgan fingerprint density at radius 3 is 2.39 bits per heavy atom. The van der Waals surface area contributed by atoms with Crippen LogP contribution in [0.1, 0.15) is 132 Å². The number of hydrogen-bond acceptors (Lipinski definition) is 1. The van der Waals surface area contributed by atoms with Crippen LogP contribution in [-0.2, 0) is 4.79 Å². The van der Waals surface area contributed by atoms with Crippen LogP contribution in [0.15, 0.2) is 11.6 Å². The lowest BCUT2D eigenvalue weighted by atomic mass is 9.44. The van der Waals surface area contributed by atoms with Crippen LogP contribution in [-0.4, -0.2) is 5.78 Å². The summed E-state index contributed by atoms with van der Waals surface area (Å²) in [4.78, 5) is 12.3. The zero-order valence-electron chi connectivity index (χ0n) is 23.5. The number of fused-ring (bicyclic) bond motifs is 5. The van der Waals surface area contributed by atoms with E-state index in [4.69, 9.17) is 0 Å².